The summed E-state index contributed by atoms with van der Waals surface area (Å²) >= 11 is 0. The summed E-state index contributed by atoms with van der Waals surface area (Å²) in [5.74, 6) is 0. The molecular weight excluding hydrogens is 336 g/mol. The van der Waals surface area contributed by atoms with E-state index < -0.39 is 0 Å². The van der Waals surface area contributed by atoms with Gasteiger partial charge in [-0.2, -0.15) is 0 Å². The van der Waals surface area contributed by atoms with Crippen LogP contribution < -0.4 is 0 Å². The molecule has 0 aliphatic carbocycles. The van der Waals surface area contributed by atoms with E-state index >= 15 is 0 Å². The molecule has 6 heteroatoms. The second-order valence-electron chi connectivity index (χ2n) is 7.56. The van der Waals surface area contributed by atoms with Crippen LogP contribution in [0, 0.1) is 0 Å². The molecule has 3 aliphatic rings. The Morgan fingerprint density at radius 1 is 0.846 bits per heavy atom. The van der Waals surface area contributed by atoms with Crippen molar-refractivity contribution in [1.82, 2.24) is 0 Å². The van der Waals surface area contributed by atoms with E-state index in [0.29, 0.717) is 19.3 Å². The quantitative estimate of drug-likeness (QED) is 0.365. The maximum absolute atomic E-state index is 6.16. The van der Waals surface area contributed by atoms with Crippen LogP contribution in [0.2, 0.25) is 0 Å². The molecule has 3 heterocycles. The first-order valence-corrected chi connectivity index (χ1v) is 10.6. The Hall–Kier alpha value is -0.240. The van der Waals surface area contributed by atoms with E-state index in [4.69, 9.17) is 28.4 Å². The number of hydrogen-bond acceptors (Lipinski definition) is 6. The first-order valence-electron chi connectivity index (χ1n) is 10.6. The van der Waals surface area contributed by atoms with Gasteiger partial charge in [-0.1, -0.05) is 12.8 Å². The van der Waals surface area contributed by atoms with Gasteiger partial charge in [0.05, 0.1) is 25.9 Å². The van der Waals surface area contributed by atoms with E-state index in [1.165, 1.54) is 19.3 Å². The summed E-state index contributed by atoms with van der Waals surface area (Å²) in [6, 6.07) is 0. The average molecular weight is 373 g/mol. The molecule has 152 valence electrons. The van der Waals surface area contributed by atoms with Crippen LogP contribution in [0.3, 0.4) is 0 Å². The predicted molar refractivity (Wildman–Crippen MR) is 97.0 cm³/mol. The Morgan fingerprint density at radius 2 is 1.62 bits per heavy atom. The Labute approximate surface area is 157 Å². The van der Waals surface area contributed by atoms with Gasteiger partial charge in [-0.05, 0) is 51.4 Å². The van der Waals surface area contributed by atoms with E-state index in [1.807, 2.05) is 0 Å². The summed E-state index contributed by atoms with van der Waals surface area (Å²) in [7, 11) is 0. The van der Waals surface area contributed by atoms with Crippen molar-refractivity contribution in [3.8, 4) is 0 Å². The second kappa shape index (κ2) is 12.3. The van der Waals surface area contributed by atoms with Crippen molar-refractivity contribution in [2.24, 2.45) is 0 Å². The standard InChI is InChI=1S/C20H36O6/c1(5-11-22-19-9-3-6-12-23-19)2-8-17(14-21-15-18-16-25-18)26-20-10-4-7-13-24-20/h17-20H,1-16H2. The first kappa shape index (κ1) is 20.5. The molecule has 0 radical (unpaired) electrons. The number of unbranched alkanes of at least 4 members (excludes halogenated alkanes) is 2. The lowest BCUT2D eigenvalue weighted by atomic mass is 10.1. The number of ether oxygens (including phenoxy) is 6. The molecule has 26 heavy (non-hydrogen) atoms. The highest BCUT2D eigenvalue weighted by Gasteiger charge is 2.24. The van der Waals surface area contributed by atoms with Crippen molar-refractivity contribution in [2.75, 3.05) is 39.6 Å². The smallest absolute Gasteiger partial charge is 0.158 e. The van der Waals surface area contributed by atoms with Crippen LogP contribution >= 0.6 is 0 Å². The van der Waals surface area contributed by atoms with Crippen LogP contribution in [0.1, 0.15) is 64.2 Å². The van der Waals surface area contributed by atoms with Gasteiger partial charge < -0.3 is 28.4 Å². The van der Waals surface area contributed by atoms with Crippen molar-refractivity contribution in [1.29, 1.82) is 0 Å². The molecular formula is C20H36O6. The number of rotatable bonds is 13. The molecule has 0 saturated carbocycles. The largest absolute Gasteiger partial charge is 0.376 e. The molecule has 4 unspecified atom stereocenters. The highest BCUT2D eigenvalue weighted by molar-refractivity contribution is 4.69. The lowest BCUT2D eigenvalue weighted by Crippen LogP contribution is -2.31. The van der Waals surface area contributed by atoms with Crippen molar-refractivity contribution in [3.63, 3.8) is 0 Å². The lowest BCUT2D eigenvalue weighted by molar-refractivity contribution is -0.199. The van der Waals surface area contributed by atoms with E-state index in [1.54, 1.807) is 0 Å². The zero-order valence-corrected chi connectivity index (χ0v) is 16.1. The normalized spacial score (nSPS) is 30.2. The molecule has 3 rings (SSSR count). The maximum Gasteiger partial charge on any atom is 0.158 e. The highest BCUT2D eigenvalue weighted by atomic mass is 16.7. The SMILES string of the molecule is C(CCOC1CCCCO1)CCC(COCC1CO1)OC1CCCCO1. The topological polar surface area (TPSA) is 58.7 Å². The van der Waals surface area contributed by atoms with Gasteiger partial charge >= 0.3 is 0 Å². The zero-order valence-electron chi connectivity index (χ0n) is 16.1. The predicted octanol–water partition coefficient (Wildman–Crippen LogP) is 3.42. The Balaban J connectivity index is 1.25. The third-order valence-electron chi connectivity index (χ3n) is 5.10. The van der Waals surface area contributed by atoms with E-state index in [9.17, 15) is 0 Å². The molecule has 3 aliphatic heterocycles. The van der Waals surface area contributed by atoms with Gasteiger partial charge in [-0.15, -0.1) is 0 Å². The van der Waals surface area contributed by atoms with Gasteiger partial charge in [0.25, 0.3) is 0 Å². The van der Waals surface area contributed by atoms with Crippen molar-refractivity contribution in [3.05, 3.63) is 0 Å². The fourth-order valence-electron chi connectivity index (χ4n) is 3.43. The number of hydrogen-bond donors (Lipinski definition) is 0. The van der Waals surface area contributed by atoms with E-state index in [-0.39, 0.29) is 18.7 Å². The summed E-state index contributed by atoms with van der Waals surface area (Å²) < 4.78 is 34.2. The molecule has 6 nitrogen and oxygen atoms in total. The van der Waals surface area contributed by atoms with Gasteiger partial charge in [-0.25, -0.2) is 0 Å². The lowest BCUT2D eigenvalue weighted by Gasteiger charge is -2.28. The van der Waals surface area contributed by atoms with Crippen molar-refractivity contribution >= 4 is 0 Å². The summed E-state index contributed by atoms with van der Waals surface area (Å²) in [6.45, 7) is 4.60. The third kappa shape index (κ3) is 8.63. The maximum atomic E-state index is 6.16. The fraction of sp³-hybridized carbons (Fsp3) is 1.00. The molecule has 0 aromatic rings. The minimum atomic E-state index is -0.0543. The van der Waals surface area contributed by atoms with Gasteiger partial charge in [0.2, 0.25) is 0 Å². The fourth-order valence-corrected chi connectivity index (χ4v) is 3.43. The van der Waals surface area contributed by atoms with Gasteiger partial charge in [0.1, 0.15) is 6.10 Å². The van der Waals surface area contributed by atoms with E-state index in [0.717, 1.165) is 71.4 Å². The first-order chi connectivity index (χ1) is 12.9. The Morgan fingerprint density at radius 3 is 2.31 bits per heavy atom. The van der Waals surface area contributed by atoms with Crippen LogP contribution in [0.25, 0.3) is 0 Å². The van der Waals surface area contributed by atoms with E-state index in [2.05, 4.69) is 0 Å². The molecule has 0 aromatic carbocycles. The summed E-state index contributed by atoms with van der Waals surface area (Å²) in [4.78, 5) is 0. The highest BCUT2D eigenvalue weighted by Crippen LogP contribution is 2.19. The van der Waals surface area contributed by atoms with Crippen LogP contribution in [0.4, 0.5) is 0 Å². The minimum absolute atomic E-state index is 0.0290. The van der Waals surface area contributed by atoms with Crippen molar-refractivity contribution in [2.45, 2.75) is 89.0 Å². The van der Waals surface area contributed by atoms with Gasteiger partial charge in [0.15, 0.2) is 12.6 Å². The van der Waals surface area contributed by atoms with Gasteiger partial charge in [-0.3, -0.25) is 0 Å². The summed E-state index contributed by atoms with van der Waals surface area (Å²) in [6.07, 6.45) is 11.5. The average Bonchev–Trinajstić information content (AvgIpc) is 3.50. The van der Waals surface area contributed by atoms with Crippen LogP contribution in [-0.2, 0) is 28.4 Å². The van der Waals surface area contributed by atoms with Crippen LogP contribution in [-0.4, -0.2) is 64.4 Å². The third-order valence-corrected chi connectivity index (χ3v) is 5.10. The monoisotopic (exact) mass is 372 g/mol. The zero-order chi connectivity index (χ0) is 17.9. The Kier molecular flexibility index (Phi) is 9.67. The second-order valence-corrected chi connectivity index (χ2v) is 7.56. The minimum Gasteiger partial charge on any atom is -0.376 e. The van der Waals surface area contributed by atoms with Crippen LogP contribution in [0.5, 0.6) is 0 Å². The van der Waals surface area contributed by atoms with Gasteiger partial charge in [0, 0.05) is 19.8 Å². The molecule has 4 atom stereocenters. The molecule has 0 bridgehead atoms. The molecule has 0 N–H and O–H groups in total. The molecule has 0 amide bonds. The summed E-state index contributed by atoms with van der Waals surface area (Å²) in [5.41, 5.74) is 0. The Bertz CT molecular complexity index is 350. The summed E-state index contributed by atoms with van der Waals surface area (Å²) in [5, 5.41) is 0. The molecule has 3 saturated heterocycles. The number of epoxide rings is 1. The molecule has 0 spiro atoms. The van der Waals surface area contributed by atoms with Crippen LogP contribution in [0.15, 0.2) is 0 Å². The molecule has 3 fully saturated rings. The van der Waals surface area contributed by atoms with Crippen molar-refractivity contribution < 1.29 is 28.4 Å². The molecule has 0 aromatic heterocycles.